The minimum absolute atomic E-state index is 0.170. The molecule has 2 rings (SSSR count). The fraction of sp³-hybridized carbons (Fsp3) is 0.316. The average Bonchev–Trinajstić information content (AvgIpc) is 2.59. The van der Waals surface area contributed by atoms with Crippen molar-refractivity contribution in [2.75, 3.05) is 10.6 Å². The number of benzene rings is 2. The molecule has 0 bridgehead atoms. The van der Waals surface area contributed by atoms with E-state index in [2.05, 4.69) is 5.32 Å². The average molecular weight is 414 g/mol. The van der Waals surface area contributed by atoms with Gasteiger partial charge in [-0.1, -0.05) is 35.9 Å². The largest absolute Gasteiger partial charge is 0.416 e. The summed E-state index contributed by atoms with van der Waals surface area (Å²) in [5.74, 6) is -0.622. The molecule has 2 aromatic rings. The summed E-state index contributed by atoms with van der Waals surface area (Å²) < 4.78 is 64.0. The van der Waals surface area contributed by atoms with E-state index in [0.717, 1.165) is 29.5 Å². The first kappa shape index (κ1) is 21.7. The van der Waals surface area contributed by atoms with Gasteiger partial charge in [-0.3, -0.25) is 9.10 Å². The molecule has 9 heteroatoms. The Bertz CT molecular complexity index is 942. The van der Waals surface area contributed by atoms with E-state index < -0.39 is 33.7 Å². The minimum Gasteiger partial charge on any atom is -0.350 e. The number of hydrogen-bond acceptors (Lipinski definition) is 3. The molecular weight excluding hydrogens is 393 g/mol. The Morgan fingerprint density at radius 1 is 1.14 bits per heavy atom. The maximum atomic E-state index is 13.0. The number of nitrogens with one attached hydrogen (secondary N) is 1. The molecule has 0 fully saturated rings. The maximum absolute atomic E-state index is 13.0. The fourth-order valence-corrected chi connectivity index (χ4v) is 3.84. The second-order valence-electron chi connectivity index (χ2n) is 6.49. The predicted molar refractivity (Wildman–Crippen MR) is 101 cm³/mol. The monoisotopic (exact) mass is 414 g/mol. The Kier molecular flexibility index (Phi) is 6.38. The summed E-state index contributed by atoms with van der Waals surface area (Å²) >= 11 is 0. The number of anilines is 1. The third-order valence-electron chi connectivity index (χ3n) is 4.10. The van der Waals surface area contributed by atoms with Crippen molar-refractivity contribution in [3.63, 3.8) is 0 Å². The Labute approximate surface area is 162 Å². The highest BCUT2D eigenvalue weighted by Crippen LogP contribution is 2.32. The van der Waals surface area contributed by atoms with Crippen LogP contribution in [0.5, 0.6) is 0 Å². The van der Waals surface area contributed by atoms with Gasteiger partial charge in [0.05, 0.1) is 17.5 Å². The Morgan fingerprint density at radius 3 is 2.29 bits per heavy atom. The molecule has 0 unspecified atom stereocenters. The molecule has 0 aromatic heterocycles. The highest BCUT2D eigenvalue weighted by Gasteiger charge is 2.34. The molecule has 0 saturated carbocycles. The van der Waals surface area contributed by atoms with Crippen molar-refractivity contribution in [3.8, 4) is 0 Å². The zero-order valence-electron chi connectivity index (χ0n) is 15.6. The number of carbonyl (C=O) groups is 1. The van der Waals surface area contributed by atoms with Gasteiger partial charge in [0, 0.05) is 6.54 Å². The predicted octanol–water partition coefficient (Wildman–Crippen LogP) is 3.48. The molecule has 28 heavy (non-hydrogen) atoms. The van der Waals surface area contributed by atoms with Gasteiger partial charge >= 0.3 is 6.18 Å². The van der Waals surface area contributed by atoms with Crippen LogP contribution in [0.2, 0.25) is 0 Å². The topological polar surface area (TPSA) is 66.5 Å². The lowest BCUT2D eigenvalue weighted by molar-refractivity contribution is -0.137. The SMILES string of the molecule is Cc1ccc(CNC(=O)[C@@H](C)N(c2cccc(C(F)(F)F)c2)S(C)(=O)=O)cc1. The van der Waals surface area contributed by atoms with Crippen LogP contribution < -0.4 is 9.62 Å². The number of rotatable bonds is 6. The molecule has 0 heterocycles. The Hall–Kier alpha value is -2.55. The molecule has 5 nitrogen and oxygen atoms in total. The molecule has 0 aliphatic carbocycles. The van der Waals surface area contributed by atoms with Gasteiger partial charge in [-0.25, -0.2) is 8.42 Å². The van der Waals surface area contributed by atoms with Crippen molar-refractivity contribution >= 4 is 21.6 Å². The normalized spacial score (nSPS) is 13.1. The van der Waals surface area contributed by atoms with Crippen LogP contribution in [0.15, 0.2) is 48.5 Å². The third kappa shape index (κ3) is 5.48. The molecule has 0 saturated heterocycles. The van der Waals surface area contributed by atoms with Crippen LogP contribution in [-0.2, 0) is 27.5 Å². The molecule has 1 amide bonds. The number of nitrogens with zero attached hydrogens (tertiary/aromatic N) is 1. The van der Waals surface area contributed by atoms with E-state index in [1.165, 1.54) is 13.0 Å². The van der Waals surface area contributed by atoms with Crippen LogP contribution in [-0.4, -0.2) is 26.6 Å². The first-order chi connectivity index (χ1) is 12.9. The van der Waals surface area contributed by atoms with Gasteiger partial charge in [0.1, 0.15) is 6.04 Å². The standard InChI is InChI=1S/C19H21F3N2O3S/c1-13-7-9-15(10-8-13)12-23-18(25)14(2)24(28(3,26)27)17-6-4-5-16(11-17)19(20,21)22/h4-11,14H,12H2,1-3H3,(H,23,25)/t14-/m1/s1. The molecule has 1 N–H and O–H groups in total. The van der Waals surface area contributed by atoms with Crippen LogP contribution in [0, 0.1) is 6.92 Å². The number of carbonyl (C=O) groups excluding carboxylic acids is 1. The van der Waals surface area contributed by atoms with Crippen molar-refractivity contribution in [1.82, 2.24) is 5.32 Å². The second-order valence-corrected chi connectivity index (χ2v) is 8.35. The summed E-state index contributed by atoms with van der Waals surface area (Å²) in [6.45, 7) is 3.42. The van der Waals surface area contributed by atoms with Crippen LogP contribution in [0.1, 0.15) is 23.6 Å². The van der Waals surface area contributed by atoms with E-state index in [1.807, 2.05) is 31.2 Å². The number of aryl methyl sites for hydroxylation is 1. The summed E-state index contributed by atoms with van der Waals surface area (Å²) in [6, 6.07) is 10.0. The summed E-state index contributed by atoms with van der Waals surface area (Å²) in [6.07, 6.45) is -3.78. The van der Waals surface area contributed by atoms with Gasteiger partial charge in [0.25, 0.3) is 0 Å². The number of sulfonamides is 1. The van der Waals surface area contributed by atoms with E-state index in [4.69, 9.17) is 0 Å². The summed E-state index contributed by atoms with van der Waals surface area (Å²) in [5.41, 5.74) is 0.647. The van der Waals surface area contributed by atoms with Crippen LogP contribution >= 0.6 is 0 Å². The summed E-state index contributed by atoms with van der Waals surface area (Å²) in [4.78, 5) is 12.5. The maximum Gasteiger partial charge on any atom is 0.416 e. The van der Waals surface area contributed by atoms with Gasteiger partial charge in [-0.2, -0.15) is 13.2 Å². The lowest BCUT2D eigenvalue weighted by atomic mass is 10.1. The quantitative estimate of drug-likeness (QED) is 0.787. The molecule has 0 aliphatic rings. The lowest BCUT2D eigenvalue weighted by Crippen LogP contribution is -2.47. The smallest absolute Gasteiger partial charge is 0.350 e. The van der Waals surface area contributed by atoms with Crippen LogP contribution in [0.3, 0.4) is 0 Å². The molecular formula is C19H21F3N2O3S. The van der Waals surface area contributed by atoms with E-state index in [1.54, 1.807) is 0 Å². The molecule has 2 aromatic carbocycles. The van der Waals surface area contributed by atoms with Crippen molar-refractivity contribution < 1.29 is 26.4 Å². The van der Waals surface area contributed by atoms with Gasteiger partial charge in [-0.15, -0.1) is 0 Å². The van der Waals surface area contributed by atoms with Crippen molar-refractivity contribution in [2.24, 2.45) is 0 Å². The molecule has 1 atom stereocenters. The van der Waals surface area contributed by atoms with Crippen molar-refractivity contribution in [2.45, 2.75) is 32.6 Å². The molecule has 0 aliphatic heterocycles. The zero-order chi connectivity index (χ0) is 21.1. The van der Waals surface area contributed by atoms with Gasteiger partial charge in [-0.05, 0) is 37.6 Å². The van der Waals surface area contributed by atoms with Crippen molar-refractivity contribution in [3.05, 3.63) is 65.2 Å². The van der Waals surface area contributed by atoms with Crippen molar-refractivity contribution in [1.29, 1.82) is 0 Å². The number of halogens is 3. The first-order valence-electron chi connectivity index (χ1n) is 8.39. The number of amides is 1. The lowest BCUT2D eigenvalue weighted by Gasteiger charge is -2.28. The number of hydrogen-bond donors (Lipinski definition) is 1. The second kappa shape index (κ2) is 8.22. The Morgan fingerprint density at radius 2 is 1.75 bits per heavy atom. The van der Waals surface area contributed by atoms with Gasteiger partial charge in [0.15, 0.2) is 0 Å². The van der Waals surface area contributed by atoms with E-state index >= 15 is 0 Å². The minimum atomic E-state index is -4.63. The number of alkyl halides is 3. The van der Waals surface area contributed by atoms with Crippen LogP contribution in [0.4, 0.5) is 18.9 Å². The zero-order valence-corrected chi connectivity index (χ0v) is 16.4. The highest BCUT2D eigenvalue weighted by atomic mass is 32.2. The molecule has 0 spiro atoms. The van der Waals surface area contributed by atoms with E-state index in [-0.39, 0.29) is 12.2 Å². The summed E-state index contributed by atoms with van der Waals surface area (Å²) in [7, 11) is -4.01. The summed E-state index contributed by atoms with van der Waals surface area (Å²) in [5, 5.41) is 2.62. The molecule has 0 radical (unpaired) electrons. The van der Waals surface area contributed by atoms with Crippen LogP contribution in [0.25, 0.3) is 0 Å². The van der Waals surface area contributed by atoms with Gasteiger partial charge < -0.3 is 5.32 Å². The third-order valence-corrected chi connectivity index (χ3v) is 5.35. The Balaban J connectivity index is 2.25. The van der Waals surface area contributed by atoms with E-state index in [9.17, 15) is 26.4 Å². The highest BCUT2D eigenvalue weighted by molar-refractivity contribution is 7.92. The fourth-order valence-electron chi connectivity index (χ4n) is 2.67. The molecule has 152 valence electrons. The first-order valence-corrected chi connectivity index (χ1v) is 10.2. The van der Waals surface area contributed by atoms with E-state index in [0.29, 0.717) is 10.4 Å². The van der Waals surface area contributed by atoms with Gasteiger partial charge in [0.2, 0.25) is 15.9 Å².